The van der Waals surface area contributed by atoms with Crippen LogP contribution in [-0.2, 0) is 0 Å². The largest absolute Gasteiger partial charge is 0.497 e. The molecule has 1 aliphatic rings. The number of rotatable bonds is 0. The first kappa shape index (κ1) is 7.16. The van der Waals surface area contributed by atoms with Gasteiger partial charge in [-0.3, -0.25) is 0 Å². The summed E-state index contributed by atoms with van der Waals surface area (Å²) in [4.78, 5) is 2.97. The maximum absolute atomic E-state index is 8.48. The molecule has 5 heteroatoms. The van der Waals surface area contributed by atoms with Crippen molar-refractivity contribution in [2.45, 2.75) is 0 Å². The minimum absolute atomic E-state index is 0.224. The highest BCUT2D eigenvalue weighted by Gasteiger charge is 2.24. The third-order valence-corrected chi connectivity index (χ3v) is 1.78. The molecule has 58 valence electrons. The van der Waals surface area contributed by atoms with Gasteiger partial charge in [0, 0.05) is 5.02 Å². The van der Waals surface area contributed by atoms with E-state index in [1.54, 1.807) is 18.2 Å². The van der Waals surface area contributed by atoms with E-state index in [1.165, 1.54) is 0 Å². The van der Waals surface area contributed by atoms with E-state index in [4.69, 9.17) is 17.1 Å². The highest BCUT2D eigenvalue weighted by molar-refractivity contribution is 6.31. The highest BCUT2D eigenvalue weighted by atomic mass is 35.5. The van der Waals surface area contributed by atoms with Gasteiger partial charge in [-0.1, -0.05) is 11.6 Å². The van der Waals surface area contributed by atoms with Crippen LogP contribution in [0.25, 0.3) is 5.53 Å². The smallest absolute Gasteiger partial charge is 0.435 e. The van der Waals surface area contributed by atoms with Gasteiger partial charge in [-0.25, -0.2) is 0 Å². The minimum Gasteiger partial charge on any atom is -0.497 e. The van der Waals surface area contributed by atoms with Gasteiger partial charge in [-0.15, -0.1) is 0 Å². The Labute approximate surface area is 73.1 Å². The normalized spacial score (nSPS) is 12.9. The summed E-state index contributed by atoms with van der Waals surface area (Å²) in [6.45, 7) is 0. The maximum Gasteiger partial charge on any atom is 0.435 e. The molecular weight excluding hydrogens is 176 g/mol. The van der Waals surface area contributed by atoms with E-state index in [9.17, 15) is 0 Å². The van der Waals surface area contributed by atoms with Crippen LogP contribution in [0.1, 0.15) is 5.56 Å². The minimum atomic E-state index is 0.224. The van der Waals surface area contributed by atoms with E-state index in [0.717, 1.165) is 0 Å². The number of amidine groups is 1. The Morgan fingerprint density at radius 1 is 1.33 bits per heavy atom. The monoisotopic (exact) mass is 178 g/mol. The van der Waals surface area contributed by atoms with Crippen LogP contribution in [0.3, 0.4) is 0 Å². The van der Waals surface area contributed by atoms with Crippen LogP contribution in [0, 0.1) is 0 Å². The van der Waals surface area contributed by atoms with Gasteiger partial charge in [-0.2, -0.15) is 0 Å². The fourth-order valence-electron chi connectivity index (χ4n) is 1.01. The molecule has 0 fully saturated rings. The SMILES string of the molecule is [N-]=[N+]=C1N=Nc2cc(Cl)ccc21. The molecule has 1 aromatic carbocycles. The highest BCUT2D eigenvalue weighted by Crippen LogP contribution is 2.28. The average Bonchev–Trinajstić information content (AvgIpc) is 2.46. The summed E-state index contributed by atoms with van der Waals surface area (Å²) in [5, 5.41) is 7.98. The summed E-state index contributed by atoms with van der Waals surface area (Å²) in [5.74, 6) is 0.224. The van der Waals surface area contributed by atoms with Gasteiger partial charge in [0.25, 0.3) is 0 Å². The molecule has 0 saturated heterocycles. The van der Waals surface area contributed by atoms with E-state index in [1.807, 2.05) is 0 Å². The Morgan fingerprint density at radius 3 is 2.92 bits per heavy atom. The van der Waals surface area contributed by atoms with E-state index in [0.29, 0.717) is 16.3 Å². The first-order chi connectivity index (χ1) is 5.81. The van der Waals surface area contributed by atoms with Crippen molar-refractivity contribution < 1.29 is 4.79 Å². The predicted octanol–water partition coefficient (Wildman–Crippen LogP) is 2.41. The topological polar surface area (TPSA) is 61.1 Å². The van der Waals surface area contributed by atoms with Crippen molar-refractivity contribution in [1.82, 2.24) is 0 Å². The van der Waals surface area contributed by atoms with Gasteiger partial charge in [-0.05, 0) is 23.3 Å². The second-order valence-electron chi connectivity index (χ2n) is 2.29. The molecule has 0 unspecified atom stereocenters. The van der Waals surface area contributed by atoms with Crippen LogP contribution in [0.2, 0.25) is 5.02 Å². The van der Waals surface area contributed by atoms with Crippen molar-refractivity contribution in [3.63, 3.8) is 0 Å². The molecule has 0 aromatic heterocycles. The van der Waals surface area contributed by atoms with E-state index in [-0.39, 0.29) is 5.84 Å². The van der Waals surface area contributed by atoms with E-state index < -0.39 is 0 Å². The van der Waals surface area contributed by atoms with Gasteiger partial charge < -0.3 is 10.3 Å². The number of azo groups is 1. The second-order valence-corrected chi connectivity index (χ2v) is 2.72. The summed E-state index contributed by atoms with van der Waals surface area (Å²) in [6, 6.07) is 5.08. The van der Waals surface area contributed by atoms with Crippen molar-refractivity contribution in [3.05, 3.63) is 34.3 Å². The summed E-state index contributed by atoms with van der Waals surface area (Å²) in [5.41, 5.74) is 9.81. The van der Waals surface area contributed by atoms with E-state index >= 15 is 0 Å². The Bertz CT molecular complexity index is 417. The molecule has 1 heterocycles. The number of fused-ring (bicyclic) bond motifs is 1. The summed E-state index contributed by atoms with van der Waals surface area (Å²) in [7, 11) is 0. The van der Waals surface area contributed by atoms with Crippen LogP contribution >= 0.6 is 11.6 Å². The molecule has 0 bridgehead atoms. The van der Waals surface area contributed by atoms with Gasteiger partial charge in [0.2, 0.25) is 0 Å². The standard InChI is InChI=1S/C7H3ClN4/c8-4-1-2-5-6(3-4)11-12-7(5)10-9/h1-3H. The van der Waals surface area contributed by atoms with Gasteiger partial charge in [0.15, 0.2) is 0 Å². The van der Waals surface area contributed by atoms with Crippen LogP contribution in [0.15, 0.2) is 28.4 Å². The van der Waals surface area contributed by atoms with Crippen molar-refractivity contribution in [2.24, 2.45) is 10.2 Å². The molecule has 0 amide bonds. The lowest BCUT2D eigenvalue weighted by atomic mass is 10.2. The molecule has 0 saturated carbocycles. The Morgan fingerprint density at radius 2 is 2.17 bits per heavy atom. The Kier molecular flexibility index (Phi) is 1.50. The van der Waals surface area contributed by atoms with Crippen LogP contribution < -0.4 is 0 Å². The molecule has 0 atom stereocenters. The molecule has 2 rings (SSSR count). The number of halogens is 1. The Balaban J connectivity index is 2.69. The summed E-state index contributed by atoms with van der Waals surface area (Å²) < 4.78 is 0. The van der Waals surface area contributed by atoms with Crippen LogP contribution in [-0.4, -0.2) is 10.6 Å². The summed E-state index contributed by atoms with van der Waals surface area (Å²) in [6.07, 6.45) is 0. The zero-order valence-electron chi connectivity index (χ0n) is 5.90. The molecule has 0 aliphatic carbocycles. The number of hydrogen-bond donors (Lipinski definition) is 0. The fraction of sp³-hybridized carbons (Fsp3) is 0. The molecule has 12 heavy (non-hydrogen) atoms. The molecule has 0 spiro atoms. The molecule has 4 nitrogen and oxygen atoms in total. The van der Waals surface area contributed by atoms with E-state index in [2.05, 4.69) is 15.0 Å². The predicted molar refractivity (Wildman–Crippen MR) is 43.7 cm³/mol. The van der Waals surface area contributed by atoms with Crippen LogP contribution in [0.4, 0.5) is 5.69 Å². The Hall–Kier alpha value is -1.51. The molecular formula is C7H3ClN4. The van der Waals surface area contributed by atoms with Crippen molar-refractivity contribution in [2.75, 3.05) is 0 Å². The van der Waals surface area contributed by atoms with Crippen molar-refractivity contribution in [3.8, 4) is 0 Å². The van der Waals surface area contributed by atoms with Gasteiger partial charge in [0.05, 0.1) is 5.11 Å². The quantitative estimate of drug-likeness (QED) is 0.433. The first-order valence-corrected chi connectivity index (χ1v) is 3.63. The lowest BCUT2D eigenvalue weighted by Gasteiger charge is -1.89. The van der Waals surface area contributed by atoms with Gasteiger partial charge >= 0.3 is 5.84 Å². The lowest BCUT2D eigenvalue weighted by molar-refractivity contribution is -0.00545. The zero-order chi connectivity index (χ0) is 8.55. The fourth-order valence-corrected chi connectivity index (χ4v) is 1.17. The maximum atomic E-state index is 8.48. The molecule has 1 aromatic rings. The molecule has 0 radical (unpaired) electrons. The third kappa shape index (κ3) is 0.942. The lowest BCUT2D eigenvalue weighted by Crippen LogP contribution is -1.91. The first-order valence-electron chi connectivity index (χ1n) is 3.25. The number of benzene rings is 1. The number of hydrogen-bond acceptors (Lipinski definition) is 1. The second kappa shape index (κ2) is 2.52. The van der Waals surface area contributed by atoms with Crippen LogP contribution in [0.5, 0.6) is 0 Å². The number of nitrogens with zero attached hydrogens (tertiary/aromatic N) is 4. The molecule has 0 N–H and O–H groups in total. The summed E-state index contributed by atoms with van der Waals surface area (Å²) >= 11 is 5.71. The van der Waals surface area contributed by atoms with Crippen molar-refractivity contribution in [1.29, 1.82) is 0 Å². The van der Waals surface area contributed by atoms with Crippen molar-refractivity contribution >= 4 is 23.1 Å². The zero-order valence-corrected chi connectivity index (χ0v) is 6.65. The average molecular weight is 179 g/mol. The molecule has 1 aliphatic heterocycles. The third-order valence-electron chi connectivity index (χ3n) is 1.55. The van der Waals surface area contributed by atoms with Gasteiger partial charge in [0.1, 0.15) is 11.3 Å².